The Morgan fingerprint density at radius 2 is 1.75 bits per heavy atom. The molecule has 0 radical (unpaired) electrons. The van der Waals surface area contributed by atoms with Crippen LogP contribution in [0.15, 0.2) is 59.6 Å². The number of aliphatic imine (C=N–C) groups is 1. The minimum atomic E-state index is -3.07. The minimum Gasteiger partial charge on any atom is -0.316 e. The normalized spacial score (nSPS) is 24.7. The fourth-order valence-corrected chi connectivity index (χ4v) is 7.53. The zero-order chi connectivity index (χ0) is 19.9. The number of fused-ring (bicyclic) bond motifs is 1. The first-order chi connectivity index (χ1) is 13.3. The number of carbonyl (C=O) groups is 1. The molecule has 0 aromatic heterocycles. The third-order valence-corrected chi connectivity index (χ3v) is 8.33. The maximum Gasteiger partial charge on any atom is 0.279 e. The van der Waals surface area contributed by atoms with E-state index in [1.165, 1.54) is 17.3 Å². The topological polar surface area (TPSA) is 66.8 Å². The van der Waals surface area contributed by atoms with Gasteiger partial charge in [-0.25, -0.2) is 8.42 Å². The molecule has 4 rings (SSSR count). The summed E-state index contributed by atoms with van der Waals surface area (Å²) in [6.07, 6.45) is 0. The molecule has 0 N–H and O–H groups in total. The lowest BCUT2D eigenvalue weighted by Crippen LogP contribution is -2.37. The third-order valence-electron chi connectivity index (χ3n) is 5.12. The number of thioether (sulfide) groups is 1. The SMILES string of the molecule is CC(C)c1ccc(N2C(=NC(=O)c3ccccc3)S[C@@H]3CS(=O)(=O)C[C@H]32)cc1. The molecule has 146 valence electrons. The largest absolute Gasteiger partial charge is 0.316 e. The first-order valence-electron chi connectivity index (χ1n) is 9.28. The molecule has 0 unspecified atom stereocenters. The summed E-state index contributed by atoms with van der Waals surface area (Å²) in [6, 6.07) is 16.8. The van der Waals surface area contributed by atoms with E-state index in [9.17, 15) is 13.2 Å². The van der Waals surface area contributed by atoms with Gasteiger partial charge in [-0.1, -0.05) is 55.9 Å². The number of sulfone groups is 1. The Hall–Kier alpha value is -2.12. The van der Waals surface area contributed by atoms with E-state index in [2.05, 4.69) is 31.0 Å². The Bertz CT molecular complexity index is 1020. The highest BCUT2D eigenvalue weighted by atomic mass is 32.2. The Kier molecular flexibility index (Phi) is 5.05. The molecule has 2 fully saturated rings. The van der Waals surface area contributed by atoms with Gasteiger partial charge >= 0.3 is 0 Å². The number of rotatable bonds is 3. The number of benzene rings is 2. The second kappa shape index (κ2) is 7.37. The van der Waals surface area contributed by atoms with Crippen LogP contribution >= 0.6 is 11.8 Å². The van der Waals surface area contributed by atoms with E-state index >= 15 is 0 Å². The monoisotopic (exact) mass is 414 g/mol. The molecule has 2 aliphatic rings. The van der Waals surface area contributed by atoms with Crippen molar-refractivity contribution in [2.45, 2.75) is 31.1 Å². The van der Waals surface area contributed by atoms with Gasteiger partial charge in [0.25, 0.3) is 5.91 Å². The highest BCUT2D eigenvalue weighted by Gasteiger charge is 2.49. The number of amidine groups is 1. The van der Waals surface area contributed by atoms with Crippen LogP contribution in [0.25, 0.3) is 0 Å². The molecule has 7 heteroatoms. The van der Waals surface area contributed by atoms with Crippen LogP contribution in [0.4, 0.5) is 5.69 Å². The number of amides is 1. The summed E-state index contributed by atoms with van der Waals surface area (Å²) in [7, 11) is -3.07. The highest BCUT2D eigenvalue weighted by molar-refractivity contribution is 8.16. The van der Waals surface area contributed by atoms with Crippen molar-refractivity contribution in [1.29, 1.82) is 0 Å². The van der Waals surface area contributed by atoms with Crippen LogP contribution in [0, 0.1) is 0 Å². The average molecular weight is 415 g/mol. The van der Waals surface area contributed by atoms with E-state index in [4.69, 9.17) is 0 Å². The molecular weight excluding hydrogens is 392 g/mol. The summed E-state index contributed by atoms with van der Waals surface area (Å²) in [5.74, 6) is 0.320. The van der Waals surface area contributed by atoms with Crippen molar-refractivity contribution in [3.63, 3.8) is 0 Å². The van der Waals surface area contributed by atoms with Gasteiger partial charge in [-0.05, 0) is 35.7 Å². The maximum atomic E-state index is 12.6. The minimum absolute atomic E-state index is 0.0924. The van der Waals surface area contributed by atoms with Crippen LogP contribution in [-0.4, -0.2) is 42.3 Å². The van der Waals surface area contributed by atoms with Gasteiger partial charge in [0.1, 0.15) is 0 Å². The Balaban J connectivity index is 1.71. The maximum absolute atomic E-state index is 12.6. The van der Waals surface area contributed by atoms with Gasteiger partial charge in [-0.2, -0.15) is 4.99 Å². The Labute approximate surface area is 169 Å². The molecule has 0 spiro atoms. The molecule has 2 aromatic rings. The van der Waals surface area contributed by atoms with E-state index < -0.39 is 9.84 Å². The summed E-state index contributed by atoms with van der Waals surface area (Å²) in [5, 5.41) is 0.480. The molecule has 2 aromatic carbocycles. The van der Waals surface area contributed by atoms with Gasteiger partial charge in [-0.15, -0.1) is 0 Å². The molecule has 2 heterocycles. The number of hydrogen-bond acceptors (Lipinski definition) is 4. The third kappa shape index (κ3) is 3.73. The predicted molar refractivity (Wildman–Crippen MR) is 115 cm³/mol. The first kappa shape index (κ1) is 19.2. The second-order valence-electron chi connectivity index (χ2n) is 7.48. The van der Waals surface area contributed by atoms with Gasteiger partial charge < -0.3 is 4.90 Å². The zero-order valence-corrected chi connectivity index (χ0v) is 17.4. The van der Waals surface area contributed by atoms with Crippen LogP contribution in [0.2, 0.25) is 0 Å². The lowest BCUT2D eigenvalue weighted by Gasteiger charge is -2.25. The predicted octanol–water partition coefficient (Wildman–Crippen LogP) is 3.73. The number of hydrogen-bond donors (Lipinski definition) is 0. The molecule has 2 aliphatic heterocycles. The van der Waals surface area contributed by atoms with Crippen LogP contribution in [-0.2, 0) is 9.84 Å². The van der Waals surface area contributed by atoms with Gasteiger partial charge in [0.05, 0.1) is 17.5 Å². The van der Waals surface area contributed by atoms with E-state index in [0.29, 0.717) is 16.6 Å². The van der Waals surface area contributed by atoms with Gasteiger partial charge in [0, 0.05) is 16.5 Å². The van der Waals surface area contributed by atoms with Gasteiger partial charge in [0.2, 0.25) is 0 Å². The second-order valence-corrected chi connectivity index (χ2v) is 10.8. The molecule has 0 bridgehead atoms. The summed E-state index contributed by atoms with van der Waals surface area (Å²) in [6.45, 7) is 4.26. The molecule has 2 atom stereocenters. The van der Waals surface area contributed by atoms with Gasteiger partial charge in [-0.3, -0.25) is 4.79 Å². The van der Waals surface area contributed by atoms with Crippen molar-refractivity contribution in [3.8, 4) is 0 Å². The fourth-order valence-electron chi connectivity index (χ4n) is 3.62. The van der Waals surface area contributed by atoms with Crippen molar-refractivity contribution < 1.29 is 13.2 Å². The lowest BCUT2D eigenvalue weighted by molar-refractivity contribution is 0.100. The summed E-state index contributed by atoms with van der Waals surface area (Å²) in [5.41, 5.74) is 2.61. The summed E-state index contributed by atoms with van der Waals surface area (Å²) >= 11 is 1.40. The van der Waals surface area contributed by atoms with Crippen LogP contribution in [0.3, 0.4) is 0 Å². The van der Waals surface area contributed by atoms with Crippen molar-refractivity contribution in [2.75, 3.05) is 16.4 Å². The standard InChI is InChI=1S/C21H22N2O3S2/c1-14(2)15-8-10-17(11-9-15)23-18-12-28(25,26)13-19(18)27-21(23)22-20(24)16-6-4-3-5-7-16/h3-11,14,18-19H,12-13H2,1-2H3/t18-,19-/m1/s1. The lowest BCUT2D eigenvalue weighted by atomic mass is 10.0. The Morgan fingerprint density at radius 1 is 1.07 bits per heavy atom. The molecule has 5 nitrogen and oxygen atoms in total. The number of nitrogens with zero attached hydrogens (tertiary/aromatic N) is 2. The molecule has 2 saturated heterocycles. The molecule has 0 aliphatic carbocycles. The van der Waals surface area contributed by atoms with E-state index in [1.54, 1.807) is 24.3 Å². The number of anilines is 1. The highest BCUT2D eigenvalue weighted by Crippen LogP contribution is 2.41. The van der Waals surface area contributed by atoms with Crippen molar-refractivity contribution >= 4 is 38.4 Å². The van der Waals surface area contributed by atoms with Crippen molar-refractivity contribution in [2.24, 2.45) is 4.99 Å². The average Bonchev–Trinajstić information content (AvgIpc) is 3.13. The molecule has 1 amide bonds. The van der Waals surface area contributed by atoms with Gasteiger partial charge in [0.15, 0.2) is 15.0 Å². The zero-order valence-electron chi connectivity index (χ0n) is 15.8. The van der Waals surface area contributed by atoms with Crippen LogP contribution in [0.5, 0.6) is 0 Å². The molecule has 28 heavy (non-hydrogen) atoms. The van der Waals surface area contributed by atoms with E-state index in [0.717, 1.165) is 5.69 Å². The Morgan fingerprint density at radius 3 is 2.39 bits per heavy atom. The summed E-state index contributed by atoms with van der Waals surface area (Å²) < 4.78 is 24.3. The first-order valence-corrected chi connectivity index (χ1v) is 12.0. The van der Waals surface area contributed by atoms with Crippen LogP contribution < -0.4 is 4.90 Å². The van der Waals surface area contributed by atoms with E-state index in [-0.39, 0.29) is 28.7 Å². The van der Waals surface area contributed by atoms with Crippen LogP contribution in [0.1, 0.15) is 35.7 Å². The van der Waals surface area contributed by atoms with Crippen molar-refractivity contribution in [1.82, 2.24) is 0 Å². The fraction of sp³-hybridized carbons (Fsp3) is 0.333. The van der Waals surface area contributed by atoms with E-state index in [1.807, 2.05) is 23.1 Å². The summed E-state index contributed by atoms with van der Waals surface area (Å²) in [4.78, 5) is 18.9. The molecular formula is C21H22N2O3S2. The number of carbonyl (C=O) groups excluding carboxylic acids is 1. The van der Waals surface area contributed by atoms with Crippen molar-refractivity contribution in [3.05, 3.63) is 65.7 Å². The smallest absolute Gasteiger partial charge is 0.279 e. The molecule has 0 saturated carbocycles. The quantitative estimate of drug-likeness (QED) is 0.766.